The topological polar surface area (TPSA) is 99.4 Å². The lowest BCUT2D eigenvalue weighted by atomic mass is 9.89. The number of hydrogen-bond acceptors (Lipinski definition) is 8. The van der Waals surface area contributed by atoms with E-state index in [0.717, 1.165) is 30.5 Å². The Kier molecular flexibility index (Phi) is 14.0. The predicted octanol–water partition coefficient (Wildman–Crippen LogP) is 3.10. The highest BCUT2D eigenvalue weighted by Crippen LogP contribution is 2.24. The highest BCUT2D eigenvalue weighted by atomic mass is 16.6. The van der Waals surface area contributed by atoms with E-state index in [2.05, 4.69) is 11.1 Å². The number of ether oxygens (including phenoxy) is 5. The van der Waals surface area contributed by atoms with Crippen molar-refractivity contribution in [3.63, 3.8) is 0 Å². The van der Waals surface area contributed by atoms with E-state index < -0.39 is 11.9 Å². The largest absolute Gasteiger partial charge is 0.462 e. The van der Waals surface area contributed by atoms with Crippen LogP contribution in [0.2, 0.25) is 0 Å². The second kappa shape index (κ2) is 15.9. The van der Waals surface area contributed by atoms with Crippen LogP contribution in [0.4, 0.5) is 0 Å². The Morgan fingerprint density at radius 2 is 1.77 bits per heavy atom. The third kappa shape index (κ3) is 11.4. The quantitative estimate of drug-likeness (QED) is 0.286. The molecular formula is C23H38N2O6. The van der Waals surface area contributed by atoms with E-state index in [4.69, 9.17) is 23.7 Å². The first kappa shape index (κ1) is 27.2. The van der Waals surface area contributed by atoms with E-state index in [-0.39, 0.29) is 24.9 Å². The average Bonchev–Trinajstić information content (AvgIpc) is 2.78. The molecule has 1 rings (SSSR count). The van der Waals surface area contributed by atoms with Crippen molar-refractivity contribution in [1.29, 1.82) is 5.26 Å². The Hall–Kier alpha value is -1.79. The van der Waals surface area contributed by atoms with E-state index in [1.165, 1.54) is 0 Å². The van der Waals surface area contributed by atoms with Gasteiger partial charge < -0.3 is 23.7 Å². The summed E-state index contributed by atoms with van der Waals surface area (Å²) in [6.45, 7) is 7.96. The second-order valence-corrected chi connectivity index (χ2v) is 7.82. The summed E-state index contributed by atoms with van der Waals surface area (Å²) in [5.41, 5.74) is 1.70. The molecule has 0 saturated heterocycles. The van der Waals surface area contributed by atoms with E-state index in [1.54, 1.807) is 14.2 Å². The molecule has 0 N–H and O–H groups in total. The zero-order valence-corrected chi connectivity index (χ0v) is 19.6. The van der Waals surface area contributed by atoms with Gasteiger partial charge >= 0.3 is 5.97 Å². The number of carbonyl (C=O) groups excluding carboxylic acids is 1. The van der Waals surface area contributed by atoms with Crippen molar-refractivity contribution in [2.75, 3.05) is 47.2 Å². The number of nitriles is 1. The molecule has 1 aliphatic carbocycles. The molecule has 1 aliphatic rings. The summed E-state index contributed by atoms with van der Waals surface area (Å²) < 4.78 is 26.9. The highest BCUT2D eigenvalue weighted by molar-refractivity contribution is 5.97. The molecule has 0 aliphatic heterocycles. The molecule has 0 radical (unpaired) electrons. The summed E-state index contributed by atoms with van der Waals surface area (Å²) >= 11 is 0. The zero-order valence-electron chi connectivity index (χ0n) is 19.6. The van der Waals surface area contributed by atoms with Gasteiger partial charge in [0.1, 0.15) is 6.61 Å². The van der Waals surface area contributed by atoms with Crippen molar-refractivity contribution in [2.45, 2.75) is 64.8 Å². The molecule has 0 spiro atoms. The van der Waals surface area contributed by atoms with Gasteiger partial charge in [-0.25, -0.2) is 0 Å². The summed E-state index contributed by atoms with van der Waals surface area (Å²) in [6.07, 6.45) is 4.78. The van der Waals surface area contributed by atoms with Crippen LogP contribution in [0.15, 0.2) is 16.6 Å². The van der Waals surface area contributed by atoms with E-state index in [1.807, 2.05) is 26.8 Å². The highest BCUT2D eigenvalue weighted by Gasteiger charge is 2.27. The normalized spacial score (nSPS) is 19.2. The van der Waals surface area contributed by atoms with Crippen LogP contribution in [-0.2, 0) is 28.5 Å². The molecule has 4 atom stereocenters. The summed E-state index contributed by atoms with van der Waals surface area (Å²) in [5.74, 6) is -1.45. The maximum Gasteiger partial charge on any atom is 0.327 e. The summed E-state index contributed by atoms with van der Waals surface area (Å²) in [4.78, 5) is 17.0. The fourth-order valence-corrected chi connectivity index (χ4v) is 2.95. The molecule has 176 valence electrons. The number of rotatable bonds is 15. The van der Waals surface area contributed by atoms with E-state index in [0.29, 0.717) is 32.8 Å². The number of aliphatic imine (C=N–C) groups is 1. The summed E-state index contributed by atoms with van der Waals surface area (Å²) in [5, 5.41) is 9.54. The molecule has 0 bridgehead atoms. The first-order chi connectivity index (χ1) is 14.9. The third-order valence-corrected chi connectivity index (χ3v) is 4.90. The SMILES string of the molecule is COCCCN=C1C=C(C(C#N)C(=O)OCC(C)OCC(C)OCC(C)OC)CCC1. The van der Waals surface area contributed by atoms with Gasteiger partial charge in [-0.05, 0) is 58.1 Å². The monoisotopic (exact) mass is 438 g/mol. The number of nitrogens with zero attached hydrogens (tertiary/aromatic N) is 2. The van der Waals surface area contributed by atoms with Crippen molar-refractivity contribution in [1.82, 2.24) is 0 Å². The first-order valence-corrected chi connectivity index (χ1v) is 11.0. The van der Waals surface area contributed by atoms with Gasteiger partial charge in [0.25, 0.3) is 0 Å². The predicted molar refractivity (Wildman–Crippen MR) is 118 cm³/mol. The van der Waals surface area contributed by atoms with Crippen LogP contribution in [0.1, 0.15) is 46.5 Å². The fraction of sp³-hybridized carbons (Fsp3) is 0.783. The smallest absolute Gasteiger partial charge is 0.327 e. The van der Waals surface area contributed by atoms with Gasteiger partial charge in [0, 0.05) is 33.1 Å². The molecule has 31 heavy (non-hydrogen) atoms. The summed E-state index contributed by atoms with van der Waals surface area (Å²) in [6, 6.07) is 2.08. The van der Waals surface area contributed by atoms with Crippen molar-refractivity contribution < 1.29 is 28.5 Å². The zero-order chi connectivity index (χ0) is 23.1. The molecule has 0 aromatic carbocycles. The molecule has 0 heterocycles. The van der Waals surface area contributed by atoms with Gasteiger partial charge in [0.15, 0.2) is 5.92 Å². The van der Waals surface area contributed by atoms with Crippen LogP contribution in [0.25, 0.3) is 0 Å². The lowest BCUT2D eigenvalue weighted by Gasteiger charge is -2.21. The first-order valence-electron chi connectivity index (χ1n) is 11.0. The van der Waals surface area contributed by atoms with Crippen LogP contribution >= 0.6 is 0 Å². The van der Waals surface area contributed by atoms with Crippen molar-refractivity contribution in [3.05, 3.63) is 11.6 Å². The molecule has 4 unspecified atom stereocenters. The van der Waals surface area contributed by atoms with Crippen LogP contribution in [0, 0.1) is 17.2 Å². The molecule has 8 heteroatoms. The van der Waals surface area contributed by atoms with Gasteiger partial charge in [-0.1, -0.05) is 0 Å². The van der Waals surface area contributed by atoms with Gasteiger partial charge in [0.05, 0.1) is 37.6 Å². The minimum Gasteiger partial charge on any atom is -0.462 e. The number of hydrogen-bond donors (Lipinski definition) is 0. The Labute approximate surface area is 186 Å². The molecule has 0 amide bonds. The number of esters is 1. The van der Waals surface area contributed by atoms with E-state index >= 15 is 0 Å². The fourth-order valence-electron chi connectivity index (χ4n) is 2.95. The van der Waals surface area contributed by atoms with E-state index in [9.17, 15) is 10.1 Å². The molecule has 0 aromatic rings. The average molecular weight is 439 g/mol. The standard InChI is InChI=1S/C23H38N2O6/c1-17(28-5)14-29-18(2)15-30-19(3)16-31-23(26)22(13-24)20-8-6-9-21(12-20)25-10-7-11-27-4/h12,17-19,22H,6-11,14-16H2,1-5H3. The van der Waals surface area contributed by atoms with Crippen molar-refractivity contribution >= 4 is 11.7 Å². The maximum atomic E-state index is 12.5. The molecule has 0 aromatic heterocycles. The Morgan fingerprint density at radius 1 is 1.10 bits per heavy atom. The Morgan fingerprint density at radius 3 is 2.42 bits per heavy atom. The van der Waals surface area contributed by atoms with Crippen LogP contribution in [0.3, 0.4) is 0 Å². The maximum absolute atomic E-state index is 12.5. The molecular weight excluding hydrogens is 400 g/mol. The van der Waals surface area contributed by atoms with Crippen molar-refractivity contribution in [2.24, 2.45) is 10.9 Å². The summed E-state index contributed by atoms with van der Waals surface area (Å²) in [7, 11) is 3.30. The van der Waals surface area contributed by atoms with Crippen LogP contribution < -0.4 is 0 Å². The van der Waals surface area contributed by atoms with Crippen LogP contribution in [-0.4, -0.2) is 77.2 Å². The minimum absolute atomic E-state index is 0.0220. The van der Waals surface area contributed by atoms with Gasteiger partial charge in [-0.2, -0.15) is 5.26 Å². The van der Waals surface area contributed by atoms with Gasteiger partial charge in [-0.15, -0.1) is 0 Å². The Balaban J connectivity index is 2.46. The number of carbonyl (C=O) groups is 1. The van der Waals surface area contributed by atoms with Crippen molar-refractivity contribution in [3.8, 4) is 6.07 Å². The molecule has 8 nitrogen and oxygen atoms in total. The lowest BCUT2D eigenvalue weighted by molar-refractivity contribution is -0.150. The third-order valence-electron chi connectivity index (χ3n) is 4.90. The number of methoxy groups -OCH3 is 2. The second-order valence-electron chi connectivity index (χ2n) is 7.82. The molecule has 0 saturated carbocycles. The Bertz CT molecular complexity index is 628. The van der Waals surface area contributed by atoms with Gasteiger partial charge in [0.2, 0.25) is 0 Å². The number of allylic oxidation sites excluding steroid dienone is 1. The minimum atomic E-state index is -0.908. The lowest BCUT2D eigenvalue weighted by Crippen LogP contribution is -2.28. The molecule has 0 fully saturated rings. The van der Waals surface area contributed by atoms with Crippen LogP contribution in [0.5, 0.6) is 0 Å². The van der Waals surface area contributed by atoms with Gasteiger partial charge in [-0.3, -0.25) is 9.79 Å².